The SMILES string of the molecule is COC(=O)c1ccc2c(C(F)F)cnc(-c3c(F)cccc3F)c2c1. The molecule has 0 unspecified atom stereocenters. The maximum Gasteiger partial charge on any atom is 0.337 e. The summed E-state index contributed by atoms with van der Waals surface area (Å²) in [6.45, 7) is 0. The number of pyridine rings is 1. The number of benzene rings is 2. The number of methoxy groups -OCH3 is 1. The van der Waals surface area contributed by atoms with Gasteiger partial charge in [-0.05, 0) is 29.7 Å². The molecule has 0 atom stereocenters. The van der Waals surface area contributed by atoms with Crippen LogP contribution in [0, 0.1) is 11.6 Å². The van der Waals surface area contributed by atoms with Crippen LogP contribution in [0.3, 0.4) is 0 Å². The lowest BCUT2D eigenvalue weighted by Crippen LogP contribution is -2.03. The van der Waals surface area contributed by atoms with Crippen LogP contribution in [0.1, 0.15) is 22.3 Å². The number of aromatic nitrogens is 1. The summed E-state index contributed by atoms with van der Waals surface area (Å²) < 4.78 is 59.3. The van der Waals surface area contributed by atoms with Gasteiger partial charge in [0.2, 0.25) is 0 Å². The van der Waals surface area contributed by atoms with E-state index in [-0.39, 0.29) is 22.0 Å². The zero-order chi connectivity index (χ0) is 18.1. The lowest BCUT2D eigenvalue weighted by atomic mass is 9.98. The normalized spacial score (nSPS) is 11.1. The molecule has 0 bridgehead atoms. The van der Waals surface area contributed by atoms with Crippen molar-refractivity contribution >= 4 is 16.7 Å². The summed E-state index contributed by atoms with van der Waals surface area (Å²) in [6, 6.07) is 7.09. The predicted octanol–water partition coefficient (Wildman–Crippen LogP) is 4.90. The summed E-state index contributed by atoms with van der Waals surface area (Å²) in [5, 5.41) is 0.0833. The van der Waals surface area contributed by atoms with Crippen LogP contribution in [-0.2, 0) is 4.74 Å². The highest BCUT2D eigenvalue weighted by Gasteiger charge is 2.21. The molecule has 3 nitrogen and oxygen atoms in total. The third-order valence-electron chi connectivity index (χ3n) is 3.77. The van der Waals surface area contributed by atoms with E-state index >= 15 is 0 Å². The molecule has 3 aromatic rings. The molecule has 1 heterocycles. The van der Waals surface area contributed by atoms with E-state index in [2.05, 4.69) is 9.72 Å². The Kier molecular flexibility index (Phi) is 4.39. The highest BCUT2D eigenvalue weighted by Crippen LogP contribution is 2.35. The predicted molar refractivity (Wildman–Crippen MR) is 83.4 cm³/mol. The molecule has 0 N–H and O–H groups in total. The molecule has 25 heavy (non-hydrogen) atoms. The Hall–Kier alpha value is -2.96. The van der Waals surface area contributed by atoms with Gasteiger partial charge < -0.3 is 4.74 Å². The van der Waals surface area contributed by atoms with Crippen LogP contribution in [0.25, 0.3) is 22.0 Å². The van der Waals surface area contributed by atoms with Crippen molar-refractivity contribution < 1.29 is 27.1 Å². The first kappa shape index (κ1) is 16.9. The summed E-state index contributed by atoms with van der Waals surface area (Å²) in [4.78, 5) is 15.6. The Bertz CT molecular complexity index is 952. The van der Waals surface area contributed by atoms with Crippen molar-refractivity contribution in [1.29, 1.82) is 0 Å². The average Bonchev–Trinajstić information content (AvgIpc) is 2.60. The fraction of sp³-hybridized carbons (Fsp3) is 0.111. The van der Waals surface area contributed by atoms with Gasteiger partial charge in [-0.3, -0.25) is 4.98 Å². The number of halogens is 4. The highest BCUT2D eigenvalue weighted by molar-refractivity contribution is 6.01. The van der Waals surface area contributed by atoms with Crippen molar-refractivity contribution in [3.63, 3.8) is 0 Å². The maximum atomic E-state index is 14.1. The average molecular weight is 349 g/mol. The summed E-state index contributed by atoms with van der Waals surface area (Å²) in [7, 11) is 1.16. The Balaban J connectivity index is 2.39. The van der Waals surface area contributed by atoms with E-state index in [4.69, 9.17) is 0 Å². The van der Waals surface area contributed by atoms with Crippen LogP contribution in [0.5, 0.6) is 0 Å². The molecule has 3 rings (SSSR count). The van der Waals surface area contributed by atoms with E-state index in [0.29, 0.717) is 0 Å². The number of alkyl halides is 2. The quantitative estimate of drug-likeness (QED) is 0.498. The van der Waals surface area contributed by atoms with Crippen molar-refractivity contribution in [2.45, 2.75) is 6.43 Å². The van der Waals surface area contributed by atoms with E-state index in [9.17, 15) is 22.4 Å². The van der Waals surface area contributed by atoms with Crippen LogP contribution < -0.4 is 0 Å². The third kappa shape index (κ3) is 2.93. The molecule has 0 saturated heterocycles. The molecular formula is C18H11F4NO2. The molecular weight excluding hydrogens is 338 g/mol. The number of ether oxygens (including phenoxy) is 1. The van der Waals surface area contributed by atoms with Crippen LogP contribution >= 0.6 is 0 Å². The van der Waals surface area contributed by atoms with Gasteiger partial charge in [-0.15, -0.1) is 0 Å². The standard InChI is InChI=1S/C18H11F4NO2/c1-25-18(24)9-5-6-10-11(7-9)16(23-8-12(10)17(21)22)15-13(19)3-2-4-14(15)20/h2-8,17H,1H3. The fourth-order valence-corrected chi connectivity index (χ4v) is 2.61. The maximum absolute atomic E-state index is 14.1. The van der Waals surface area contributed by atoms with Crippen molar-refractivity contribution in [2.75, 3.05) is 7.11 Å². The molecule has 0 saturated carbocycles. The lowest BCUT2D eigenvalue weighted by Gasteiger charge is -2.12. The molecule has 0 amide bonds. The summed E-state index contributed by atoms with van der Waals surface area (Å²) in [5.41, 5.74) is -0.954. The van der Waals surface area contributed by atoms with Gasteiger partial charge in [0.15, 0.2) is 0 Å². The topological polar surface area (TPSA) is 39.2 Å². The Morgan fingerprint density at radius 3 is 2.36 bits per heavy atom. The number of carbonyl (C=O) groups excluding carboxylic acids is 1. The molecule has 0 aliphatic carbocycles. The smallest absolute Gasteiger partial charge is 0.337 e. The van der Waals surface area contributed by atoms with Crippen LogP contribution in [-0.4, -0.2) is 18.1 Å². The van der Waals surface area contributed by atoms with Crippen LogP contribution in [0.2, 0.25) is 0 Å². The zero-order valence-electron chi connectivity index (χ0n) is 12.9. The van der Waals surface area contributed by atoms with Gasteiger partial charge in [0.25, 0.3) is 6.43 Å². The number of hydrogen-bond acceptors (Lipinski definition) is 3. The molecule has 7 heteroatoms. The van der Waals surface area contributed by atoms with Gasteiger partial charge in [-0.2, -0.15) is 0 Å². The van der Waals surface area contributed by atoms with E-state index in [1.807, 2.05) is 0 Å². The molecule has 0 fully saturated rings. The minimum atomic E-state index is -2.83. The first-order valence-corrected chi connectivity index (χ1v) is 7.17. The second-order valence-corrected chi connectivity index (χ2v) is 5.21. The minimum absolute atomic E-state index is 0.0321. The summed E-state index contributed by atoms with van der Waals surface area (Å²) in [5.74, 6) is -2.48. The van der Waals surface area contributed by atoms with Gasteiger partial charge in [0, 0.05) is 17.1 Å². The molecule has 2 aromatic carbocycles. The first-order valence-electron chi connectivity index (χ1n) is 7.17. The van der Waals surface area contributed by atoms with Gasteiger partial charge in [0.1, 0.15) is 11.6 Å². The molecule has 128 valence electrons. The first-order chi connectivity index (χ1) is 11.9. The minimum Gasteiger partial charge on any atom is -0.465 e. The lowest BCUT2D eigenvalue weighted by molar-refractivity contribution is 0.0601. The second kappa shape index (κ2) is 6.51. The van der Waals surface area contributed by atoms with Crippen LogP contribution in [0.4, 0.5) is 17.6 Å². The zero-order valence-corrected chi connectivity index (χ0v) is 12.9. The van der Waals surface area contributed by atoms with Gasteiger partial charge in [-0.25, -0.2) is 22.4 Å². The molecule has 0 spiro atoms. The second-order valence-electron chi connectivity index (χ2n) is 5.21. The van der Waals surface area contributed by atoms with E-state index in [1.165, 1.54) is 24.3 Å². The fourth-order valence-electron chi connectivity index (χ4n) is 2.61. The Morgan fingerprint density at radius 1 is 1.08 bits per heavy atom. The monoisotopic (exact) mass is 349 g/mol. The molecule has 1 aromatic heterocycles. The number of carbonyl (C=O) groups is 1. The van der Waals surface area contributed by atoms with Crippen molar-refractivity contribution in [1.82, 2.24) is 4.98 Å². The number of fused-ring (bicyclic) bond motifs is 1. The number of esters is 1. The van der Waals surface area contributed by atoms with Crippen molar-refractivity contribution in [3.8, 4) is 11.3 Å². The number of nitrogens with zero attached hydrogens (tertiary/aromatic N) is 1. The summed E-state index contributed by atoms with van der Waals surface area (Å²) >= 11 is 0. The van der Waals surface area contributed by atoms with Crippen molar-refractivity contribution in [2.24, 2.45) is 0 Å². The number of hydrogen-bond donors (Lipinski definition) is 0. The van der Waals surface area contributed by atoms with E-state index in [0.717, 1.165) is 25.4 Å². The van der Waals surface area contributed by atoms with E-state index < -0.39 is 35.2 Å². The van der Waals surface area contributed by atoms with Crippen LogP contribution in [0.15, 0.2) is 42.6 Å². The van der Waals surface area contributed by atoms with Gasteiger partial charge in [0.05, 0.1) is 23.9 Å². The highest BCUT2D eigenvalue weighted by atomic mass is 19.3. The molecule has 0 aliphatic rings. The largest absolute Gasteiger partial charge is 0.465 e. The Morgan fingerprint density at radius 2 is 1.76 bits per heavy atom. The third-order valence-corrected chi connectivity index (χ3v) is 3.77. The molecule has 0 radical (unpaired) electrons. The van der Waals surface area contributed by atoms with Crippen molar-refractivity contribution in [3.05, 3.63) is 65.4 Å². The summed E-state index contributed by atoms with van der Waals surface area (Å²) in [6.07, 6.45) is -1.95. The molecule has 0 aliphatic heterocycles. The van der Waals surface area contributed by atoms with E-state index in [1.54, 1.807) is 0 Å². The number of rotatable bonds is 3. The Labute approximate surface area is 139 Å². The van der Waals surface area contributed by atoms with Gasteiger partial charge in [-0.1, -0.05) is 12.1 Å². The van der Waals surface area contributed by atoms with Gasteiger partial charge >= 0.3 is 5.97 Å².